The van der Waals surface area contributed by atoms with Gasteiger partial charge in [-0.25, -0.2) is 0 Å². The molecule has 0 heteroatoms. The van der Waals surface area contributed by atoms with Gasteiger partial charge in [0, 0.05) is 5.41 Å². The fourth-order valence-corrected chi connectivity index (χ4v) is 3.84. The minimum atomic E-state index is 0.503. The molecule has 0 nitrogen and oxygen atoms in total. The highest BCUT2D eigenvalue weighted by Crippen LogP contribution is 2.48. The zero-order valence-electron chi connectivity index (χ0n) is 13.1. The van der Waals surface area contributed by atoms with Crippen LogP contribution in [-0.2, 0) is 0 Å². The smallest absolute Gasteiger partial charge is 0.00727 e. The maximum absolute atomic E-state index is 2.68. The minimum Gasteiger partial charge on any atom is -0.0710 e. The quantitative estimate of drug-likeness (QED) is 0.433. The molecular formula is C19H32. The van der Waals surface area contributed by atoms with E-state index in [1.54, 1.807) is 11.1 Å². The van der Waals surface area contributed by atoms with Crippen molar-refractivity contribution in [3.05, 3.63) is 23.3 Å². The molecule has 0 N–H and O–H groups in total. The maximum atomic E-state index is 2.68. The summed E-state index contributed by atoms with van der Waals surface area (Å²) in [4.78, 5) is 0. The van der Waals surface area contributed by atoms with Crippen molar-refractivity contribution in [2.24, 2.45) is 5.41 Å². The Morgan fingerprint density at radius 3 is 1.68 bits per heavy atom. The normalized spacial score (nSPS) is 20.9. The molecule has 1 saturated carbocycles. The first kappa shape index (κ1) is 14.9. The monoisotopic (exact) mass is 260 g/mol. The molecule has 1 spiro atoms. The van der Waals surface area contributed by atoms with E-state index in [0.717, 1.165) is 0 Å². The third-order valence-electron chi connectivity index (χ3n) is 4.97. The summed E-state index contributed by atoms with van der Waals surface area (Å²) in [6, 6.07) is 0. The summed E-state index contributed by atoms with van der Waals surface area (Å²) in [5, 5.41) is 0. The molecular weight excluding hydrogens is 228 g/mol. The van der Waals surface area contributed by atoms with Crippen molar-refractivity contribution in [2.45, 2.75) is 90.9 Å². The van der Waals surface area contributed by atoms with E-state index < -0.39 is 0 Å². The number of hydrogen-bond acceptors (Lipinski definition) is 0. The van der Waals surface area contributed by atoms with Gasteiger partial charge in [-0.2, -0.15) is 0 Å². The van der Waals surface area contributed by atoms with Crippen LogP contribution in [0.15, 0.2) is 23.3 Å². The van der Waals surface area contributed by atoms with Crippen LogP contribution in [0.1, 0.15) is 90.9 Å². The van der Waals surface area contributed by atoms with Gasteiger partial charge in [0.2, 0.25) is 0 Å². The van der Waals surface area contributed by atoms with Crippen LogP contribution in [-0.4, -0.2) is 0 Å². The number of unbranched alkanes of at least 4 members (excludes halogenated alkanes) is 4. The molecule has 19 heavy (non-hydrogen) atoms. The number of allylic oxidation sites excluding steroid dienone is 4. The van der Waals surface area contributed by atoms with E-state index in [9.17, 15) is 0 Å². The number of rotatable bonds is 8. The predicted molar refractivity (Wildman–Crippen MR) is 85.4 cm³/mol. The molecule has 0 aromatic heterocycles. The summed E-state index contributed by atoms with van der Waals surface area (Å²) in [5.74, 6) is 0. The van der Waals surface area contributed by atoms with Crippen LogP contribution in [0, 0.1) is 5.41 Å². The lowest BCUT2D eigenvalue weighted by Crippen LogP contribution is -2.05. The van der Waals surface area contributed by atoms with Gasteiger partial charge in [0.15, 0.2) is 0 Å². The summed E-state index contributed by atoms with van der Waals surface area (Å²) < 4.78 is 0. The minimum absolute atomic E-state index is 0.503. The van der Waals surface area contributed by atoms with Crippen LogP contribution in [0.4, 0.5) is 0 Å². The van der Waals surface area contributed by atoms with Crippen molar-refractivity contribution in [2.75, 3.05) is 0 Å². The van der Waals surface area contributed by atoms with E-state index in [0.29, 0.717) is 5.41 Å². The van der Waals surface area contributed by atoms with E-state index >= 15 is 0 Å². The fraction of sp³-hybridized carbons (Fsp3) is 0.789. The molecule has 0 unspecified atom stereocenters. The van der Waals surface area contributed by atoms with Crippen LogP contribution < -0.4 is 0 Å². The van der Waals surface area contributed by atoms with Crippen molar-refractivity contribution in [1.82, 2.24) is 0 Å². The van der Waals surface area contributed by atoms with Gasteiger partial charge in [-0.1, -0.05) is 64.5 Å². The van der Waals surface area contributed by atoms with E-state index in [-0.39, 0.29) is 0 Å². The van der Waals surface area contributed by atoms with Gasteiger partial charge in [0.1, 0.15) is 0 Å². The van der Waals surface area contributed by atoms with E-state index in [2.05, 4.69) is 26.0 Å². The van der Waals surface area contributed by atoms with Gasteiger partial charge < -0.3 is 0 Å². The lowest BCUT2D eigenvalue weighted by atomic mass is 9.88. The van der Waals surface area contributed by atoms with Crippen molar-refractivity contribution in [3.8, 4) is 0 Å². The largest absolute Gasteiger partial charge is 0.0710 e. The maximum Gasteiger partial charge on any atom is 0.00727 e. The second-order valence-corrected chi connectivity index (χ2v) is 6.69. The molecule has 0 atom stereocenters. The van der Waals surface area contributed by atoms with Gasteiger partial charge in [0.05, 0.1) is 0 Å². The molecule has 0 saturated heterocycles. The molecule has 0 radical (unpaired) electrons. The van der Waals surface area contributed by atoms with Gasteiger partial charge >= 0.3 is 0 Å². The Balaban J connectivity index is 1.97. The molecule has 2 aliphatic rings. The average Bonchev–Trinajstić information content (AvgIpc) is 2.99. The highest BCUT2D eigenvalue weighted by Gasteiger charge is 2.34. The molecule has 2 rings (SSSR count). The molecule has 0 amide bonds. The standard InChI is InChI=1S/C19H32/c1-3-5-7-11-17-15-19(13-9-10-14-19)16-18(17)12-8-6-4-2/h15-16H,3-14H2,1-2H3. The van der Waals surface area contributed by atoms with Gasteiger partial charge in [0.25, 0.3) is 0 Å². The lowest BCUT2D eigenvalue weighted by molar-refractivity contribution is 0.518. The van der Waals surface area contributed by atoms with Crippen molar-refractivity contribution in [3.63, 3.8) is 0 Å². The molecule has 0 aromatic carbocycles. The van der Waals surface area contributed by atoms with Crippen LogP contribution in [0.2, 0.25) is 0 Å². The Bertz CT molecular complexity index is 298. The molecule has 0 bridgehead atoms. The summed E-state index contributed by atoms with van der Waals surface area (Å²) in [7, 11) is 0. The zero-order valence-corrected chi connectivity index (χ0v) is 13.1. The first-order valence-electron chi connectivity index (χ1n) is 8.73. The summed E-state index contributed by atoms with van der Waals surface area (Å²) in [5.41, 5.74) is 3.96. The molecule has 1 fully saturated rings. The molecule has 0 heterocycles. The van der Waals surface area contributed by atoms with Gasteiger partial charge in [-0.3, -0.25) is 0 Å². The second-order valence-electron chi connectivity index (χ2n) is 6.69. The summed E-state index contributed by atoms with van der Waals surface area (Å²) in [6.07, 6.45) is 22.0. The highest BCUT2D eigenvalue weighted by atomic mass is 14.4. The topological polar surface area (TPSA) is 0 Å². The van der Waals surface area contributed by atoms with E-state index in [1.165, 1.54) is 77.0 Å². The van der Waals surface area contributed by atoms with E-state index in [4.69, 9.17) is 0 Å². The van der Waals surface area contributed by atoms with Gasteiger partial charge in [-0.05, 0) is 49.7 Å². The second kappa shape index (κ2) is 7.31. The molecule has 2 aliphatic carbocycles. The Kier molecular flexibility index (Phi) is 5.73. The number of hydrogen-bond donors (Lipinski definition) is 0. The third kappa shape index (κ3) is 3.97. The SMILES string of the molecule is CCCCCC1=CC2(C=C1CCCCC)CCCC2. The summed E-state index contributed by atoms with van der Waals surface area (Å²) in [6.45, 7) is 4.61. The Morgan fingerprint density at radius 1 is 0.789 bits per heavy atom. The third-order valence-corrected chi connectivity index (χ3v) is 4.97. The zero-order chi connectivity index (χ0) is 13.6. The van der Waals surface area contributed by atoms with Crippen molar-refractivity contribution >= 4 is 0 Å². The fourth-order valence-electron chi connectivity index (χ4n) is 3.84. The lowest BCUT2D eigenvalue weighted by Gasteiger charge is -2.16. The van der Waals surface area contributed by atoms with Gasteiger partial charge in [-0.15, -0.1) is 0 Å². The molecule has 0 aromatic rings. The predicted octanol–water partition coefficient (Wildman–Crippen LogP) is 6.57. The summed E-state index contributed by atoms with van der Waals surface area (Å²) >= 11 is 0. The average molecular weight is 260 g/mol. The highest BCUT2D eigenvalue weighted by molar-refractivity contribution is 5.43. The van der Waals surface area contributed by atoms with Crippen LogP contribution >= 0.6 is 0 Å². The Labute approximate surface area is 120 Å². The first-order chi connectivity index (χ1) is 9.29. The van der Waals surface area contributed by atoms with Crippen LogP contribution in [0.3, 0.4) is 0 Å². The molecule has 108 valence electrons. The van der Waals surface area contributed by atoms with Crippen LogP contribution in [0.5, 0.6) is 0 Å². The van der Waals surface area contributed by atoms with Crippen molar-refractivity contribution < 1.29 is 0 Å². The Hall–Kier alpha value is -0.520. The Morgan fingerprint density at radius 2 is 1.26 bits per heavy atom. The van der Waals surface area contributed by atoms with Crippen LogP contribution in [0.25, 0.3) is 0 Å². The van der Waals surface area contributed by atoms with Crippen molar-refractivity contribution in [1.29, 1.82) is 0 Å². The van der Waals surface area contributed by atoms with E-state index in [1.807, 2.05) is 0 Å². The first-order valence-corrected chi connectivity index (χ1v) is 8.73. The molecule has 0 aliphatic heterocycles.